The minimum atomic E-state index is 0.909. The molecule has 2 aromatic carbocycles. The molecule has 0 atom stereocenters. The van der Waals surface area contributed by atoms with Crippen molar-refractivity contribution in [2.24, 2.45) is 0 Å². The molecule has 0 spiro atoms. The Kier molecular flexibility index (Phi) is 3.62. The molecule has 0 aliphatic heterocycles. The first-order valence-electron chi connectivity index (χ1n) is 6.99. The van der Waals surface area contributed by atoms with Gasteiger partial charge in [-0.15, -0.1) is 0 Å². The van der Waals surface area contributed by atoms with Gasteiger partial charge < -0.3 is 5.32 Å². The lowest BCUT2D eigenvalue weighted by molar-refractivity contribution is 1.06. The van der Waals surface area contributed by atoms with Crippen LogP contribution < -0.4 is 5.32 Å². The summed E-state index contributed by atoms with van der Waals surface area (Å²) < 4.78 is 1.12. The Morgan fingerprint density at radius 1 is 1.05 bits per heavy atom. The summed E-state index contributed by atoms with van der Waals surface area (Å²) in [6.07, 6.45) is 0.943. The second kappa shape index (κ2) is 5.41. The van der Waals surface area contributed by atoms with Crippen LogP contribution in [0.5, 0.6) is 0 Å². The van der Waals surface area contributed by atoms with E-state index in [9.17, 15) is 0 Å². The first-order valence-corrected chi connectivity index (χ1v) is 7.78. The number of pyridine rings is 1. The lowest BCUT2D eigenvalue weighted by atomic mass is 10.0. The Hall–Kier alpha value is -1.61. The fourth-order valence-corrected chi connectivity index (χ4v) is 3.15. The normalized spacial score (nSPS) is 11.2. The second-order valence-corrected chi connectivity index (χ2v) is 5.70. The number of nitrogens with zero attached hydrogens (tertiary/aromatic N) is 1. The molecule has 0 bridgehead atoms. The standard InChI is InChI=1S/C17H17BrN2/c1-3-11-9-16(19-4-2)14-10-15(18)12-7-5-6-8-13(12)17(14)20-11/h5-10H,3-4H2,1-2H3,(H,19,20). The van der Waals surface area contributed by atoms with Gasteiger partial charge in [0.05, 0.1) is 5.52 Å². The minimum Gasteiger partial charge on any atom is -0.385 e. The number of hydrogen-bond acceptors (Lipinski definition) is 2. The highest BCUT2D eigenvalue weighted by atomic mass is 79.9. The van der Waals surface area contributed by atoms with E-state index in [4.69, 9.17) is 4.98 Å². The summed E-state index contributed by atoms with van der Waals surface area (Å²) >= 11 is 3.68. The number of fused-ring (bicyclic) bond motifs is 3. The van der Waals surface area contributed by atoms with Crippen LogP contribution in [-0.4, -0.2) is 11.5 Å². The van der Waals surface area contributed by atoms with E-state index in [1.54, 1.807) is 0 Å². The molecular weight excluding hydrogens is 312 g/mol. The van der Waals surface area contributed by atoms with E-state index in [-0.39, 0.29) is 0 Å². The Labute approximate surface area is 127 Å². The van der Waals surface area contributed by atoms with Crippen molar-refractivity contribution in [2.75, 3.05) is 11.9 Å². The number of rotatable bonds is 3. The molecule has 0 aliphatic carbocycles. The molecule has 2 nitrogen and oxygen atoms in total. The molecule has 3 aromatic rings. The van der Waals surface area contributed by atoms with Crippen molar-refractivity contribution in [3.8, 4) is 0 Å². The summed E-state index contributed by atoms with van der Waals surface area (Å²) in [5, 5.41) is 7.04. The number of hydrogen-bond donors (Lipinski definition) is 1. The third kappa shape index (κ3) is 2.16. The maximum atomic E-state index is 4.85. The van der Waals surface area contributed by atoms with Gasteiger partial charge in [0.1, 0.15) is 0 Å². The van der Waals surface area contributed by atoms with Crippen LogP contribution in [0.2, 0.25) is 0 Å². The molecule has 0 aliphatic rings. The molecule has 102 valence electrons. The Balaban J connectivity index is 2.46. The van der Waals surface area contributed by atoms with Gasteiger partial charge in [-0.1, -0.05) is 47.1 Å². The zero-order valence-electron chi connectivity index (χ0n) is 11.7. The average Bonchev–Trinajstić information content (AvgIpc) is 2.48. The van der Waals surface area contributed by atoms with Crippen molar-refractivity contribution in [3.63, 3.8) is 0 Å². The highest BCUT2D eigenvalue weighted by Crippen LogP contribution is 2.34. The molecule has 3 rings (SSSR count). The summed E-state index contributed by atoms with van der Waals surface area (Å²) in [6, 6.07) is 12.7. The Morgan fingerprint density at radius 2 is 1.80 bits per heavy atom. The molecule has 1 N–H and O–H groups in total. The van der Waals surface area contributed by atoms with Crippen molar-refractivity contribution < 1.29 is 0 Å². The van der Waals surface area contributed by atoms with E-state index in [0.29, 0.717) is 0 Å². The van der Waals surface area contributed by atoms with Gasteiger partial charge in [0, 0.05) is 33.2 Å². The summed E-state index contributed by atoms with van der Waals surface area (Å²) in [4.78, 5) is 4.85. The fraction of sp³-hybridized carbons (Fsp3) is 0.235. The monoisotopic (exact) mass is 328 g/mol. The molecule has 0 fully saturated rings. The van der Waals surface area contributed by atoms with Crippen molar-refractivity contribution in [2.45, 2.75) is 20.3 Å². The van der Waals surface area contributed by atoms with Gasteiger partial charge in [-0.05, 0) is 30.9 Å². The molecule has 0 amide bonds. The van der Waals surface area contributed by atoms with Crippen LogP contribution in [0.1, 0.15) is 19.5 Å². The molecular formula is C17H17BrN2. The lowest BCUT2D eigenvalue weighted by Crippen LogP contribution is -2.00. The second-order valence-electron chi connectivity index (χ2n) is 4.85. The molecule has 0 radical (unpaired) electrons. The third-order valence-corrected chi connectivity index (χ3v) is 4.21. The smallest absolute Gasteiger partial charge is 0.0805 e. The first-order chi connectivity index (χ1) is 9.74. The van der Waals surface area contributed by atoms with Crippen LogP contribution in [-0.2, 0) is 6.42 Å². The van der Waals surface area contributed by atoms with Crippen LogP contribution in [0, 0.1) is 0 Å². The molecule has 1 heterocycles. The van der Waals surface area contributed by atoms with E-state index < -0.39 is 0 Å². The molecule has 1 aromatic heterocycles. The Bertz CT molecular complexity index is 781. The topological polar surface area (TPSA) is 24.9 Å². The van der Waals surface area contributed by atoms with Crippen LogP contribution in [0.25, 0.3) is 21.7 Å². The minimum absolute atomic E-state index is 0.909. The number of aromatic nitrogens is 1. The number of aryl methyl sites for hydroxylation is 1. The van der Waals surface area contributed by atoms with Gasteiger partial charge in [0.25, 0.3) is 0 Å². The number of anilines is 1. The van der Waals surface area contributed by atoms with E-state index in [1.165, 1.54) is 21.8 Å². The van der Waals surface area contributed by atoms with Crippen molar-refractivity contribution in [1.29, 1.82) is 0 Å². The summed E-state index contributed by atoms with van der Waals surface area (Å²) in [7, 11) is 0. The lowest BCUT2D eigenvalue weighted by Gasteiger charge is -2.13. The predicted octanol–water partition coefficient (Wildman–Crippen LogP) is 5.14. The van der Waals surface area contributed by atoms with E-state index in [2.05, 4.69) is 71.5 Å². The average molecular weight is 329 g/mol. The van der Waals surface area contributed by atoms with E-state index >= 15 is 0 Å². The van der Waals surface area contributed by atoms with Crippen LogP contribution in [0.4, 0.5) is 5.69 Å². The first kappa shape index (κ1) is 13.4. The predicted molar refractivity (Wildman–Crippen MR) is 90.5 cm³/mol. The highest BCUT2D eigenvalue weighted by Gasteiger charge is 2.10. The van der Waals surface area contributed by atoms with E-state index in [1.807, 2.05) is 0 Å². The molecule has 20 heavy (non-hydrogen) atoms. The SMILES string of the molecule is CCNc1cc(CC)nc2c1cc(Br)c1ccccc12. The largest absolute Gasteiger partial charge is 0.385 e. The molecule has 0 saturated carbocycles. The van der Waals surface area contributed by atoms with Crippen molar-refractivity contribution >= 4 is 43.3 Å². The van der Waals surface area contributed by atoms with Gasteiger partial charge in [-0.25, -0.2) is 0 Å². The zero-order chi connectivity index (χ0) is 14.1. The van der Waals surface area contributed by atoms with Gasteiger partial charge in [-0.3, -0.25) is 4.98 Å². The summed E-state index contributed by atoms with van der Waals surface area (Å²) in [6.45, 7) is 5.17. The van der Waals surface area contributed by atoms with Crippen molar-refractivity contribution in [1.82, 2.24) is 4.98 Å². The van der Waals surface area contributed by atoms with E-state index in [0.717, 1.165) is 28.6 Å². The number of nitrogens with one attached hydrogen (secondary N) is 1. The van der Waals surface area contributed by atoms with Gasteiger partial charge in [0.15, 0.2) is 0 Å². The molecule has 0 saturated heterocycles. The maximum Gasteiger partial charge on any atom is 0.0805 e. The maximum absolute atomic E-state index is 4.85. The zero-order valence-corrected chi connectivity index (χ0v) is 13.3. The number of halogens is 1. The van der Waals surface area contributed by atoms with Crippen LogP contribution >= 0.6 is 15.9 Å². The van der Waals surface area contributed by atoms with Gasteiger partial charge in [0.2, 0.25) is 0 Å². The van der Waals surface area contributed by atoms with Gasteiger partial charge in [-0.2, -0.15) is 0 Å². The van der Waals surface area contributed by atoms with Gasteiger partial charge >= 0.3 is 0 Å². The van der Waals surface area contributed by atoms with Crippen molar-refractivity contribution in [3.05, 3.63) is 46.6 Å². The van der Waals surface area contributed by atoms with Crippen LogP contribution in [0.15, 0.2) is 40.9 Å². The summed E-state index contributed by atoms with van der Waals surface area (Å²) in [5.41, 5.74) is 3.38. The molecule has 0 unspecified atom stereocenters. The Morgan fingerprint density at radius 3 is 2.50 bits per heavy atom. The molecule has 3 heteroatoms. The highest BCUT2D eigenvalue weighted by molar-refractivity contribution is 9.10. The number of benzene rings is 2. The third-order valence-electron chi connectivity index (χ3n) is 3.55. The quantitative estimate of drug-likeness (QED) is 0.673. The van der Waals surface area contributed by atoms with Crippen LogP contribution in [0.3, 0.4) is 0 Å². The summed E-state index contributed by atoms with van der Waals surface area (Å²) in [5.74, 6) is 0. The fourth-order valence-electron chi connectivity index (χ4n) is 2.58.